The Kier molecular flexibility index (Phi) is 19.0. The van der Waals surface area contributed by atoms with E-state index in [-0.39, 0.29) is 48.5 Å². The molecule has 318 valence electrons. The van der Waals surface area contributed by atoms with Crippen LogP contribution in [0.5, 0.6) is 5.75 Å². The van der Waals surface area contributed by atoms with Crippen molar-refractivity contribution >= 4 is 23.4 Å². The van der Waals surface area contributed by atoms with Gasteiger partial charge in [-0.3, -0.25) is 14.4 Å². The van der Waals surface area contributed by atoms with Crippen LogP contribution < -0.4 is 20.3 Å². The maximum absolute atomic E-state index is 13.6. The summed E-state index contributed by atoms with van der Waals surface area (Å²) in [7, 11) is 1.60. The van der Waals surface area contributed by atoms with Crippen LogP contribution in [0.15, 0.2) is 72.8 Å². The minimum atomic E-state index is -1.62. The summed E-state index contributed by atoms with van der Waals surface area (Å²) >= 11 is 0. The van der Waals surface area contributed by atoms with Gasteiger partial charge in [-0.2, -0.15) is 0 Å². The molecule has 1 aliphatic heterocycles. The van der Waals surface area contributed by atoms with Gasteiger partial charge in [-0.1, -0.05) is 74.9 Å². The predicted octanol–water partition coefficient (Wildman–Crippen LogP) is 3.85. The van der Waals surface area contributed by atoms with Gasteiger partial charge in [0.15, 0.2) is 6.10 Å². The van der Waals surface area contributed by atoms with E-state index >= 15 is 0 Å². The lowest BCUT2D eigenvalue weighted by Gasteiger charge is -2.48. The number of β-lactam (4-membered cyclic amide) rings is 1. The first-order valence-corrected chi connectivity index (χ1v) is 20.3. The molecule has 0 unspecified atom stereocenters. The number of nitrogens with one attached hydrogen (secondary N) is 2. The van der Waals surface area contributed by atoms with Gasteiger partial charge >= 0.3 is 0 Å². The average molecular weight is 811 g/mol. The molecule has 0 bridgehead atoms. The van der Waals surface area contributed by atoms with E-state index in [0.29, 0.717) is 43.5 Å². The molecule has 0 aliphatic carbocycles. The number of methoxy groups -OCH3 is 1. The molecule has 1 fully saturated rings. The summed E-state index contributed by atoms with van der Waals surface area (Å²) in [5, 5.41) is 62.0. The number of hydrogen-bond donors (Lipinski definition) is 7. The minimum Gasteiger partial charge on any atom is -0.497 e. The predicted molar refractivity (Wildman–Crippen MR) is 217 cm³/mol. The molecule has 13 nitrogen and oxygen atoms in total. The summed E-state index contributed by atoms with van der Waals surface area (Å²) in [6.45, 7) is -0.576. The summed E-state index contributed by atoms with van der Waals surface area (Å²) in [4.78, 5) is 39.9. The first-order valence-electron chi connectivity index (χ1n) is 20.3. The van der Waals surface area contributed by atoms with E-state index in [1.165, 1.54) is 12.1 Å². The van der Waals surface area contributed by atoms with Crippen LogP contribution in [0.25, 0.3) is 0 Å². The molecule has 3 amide bonds. The Balaban J connectivity index is 1.10. The fourth-order valence-electron chi connectivity index (χ4n) is 7.19. The summed E-state index contributed by atoms with van der Waals surface area (Å²) in [6, 6.07) is 20.7. The second-order valence-corrected chi connectivity index (χ2v) is 15.1. The second kappa shape index (κ2) is 23.8. The monoisotopic (exact) mass is 810 g/mol. The van der Waals surface area contributed by atoms with Crippen molar-refractivity contribution in [3.8, 4) is 5.75 Å². The molecule has 1 saturated heterocycles. The van der Waals surface area contributed by atoms with E-state index in [1.54, 1.807) is 24.1 Å². The second-order valence-electron chi connectivity index (χ2n) is 15.1. The van der Waals surface area contributed by atoms with E-state index in [2.05, 4.69) is 10.6 Å². The Bertz CT molecular complexity index is 1700. The molecule has 1 aliphatic rings. The molecule has 4 rings (SSSR count). The number of aliphatic hydroxyl groups is 5. The summed E-state index contributed by atoms with van der Waals surface area (Å²) < 4.78 is 18.7. The van der Waals surface area contributed by atoms with Crippen LogP contribution in [0.3, 0.4) is 0 Å². The molecule has 1 heterocycles. The van der Waals surface area contributed by atoms with Crippen molar-refractivity contribution in [1.29, 1.82) is 0 Å². The highest BCUT2D eigenvalue weighted by Gasteiger charge is 2.48. The van der Waals surface area contributed by atoms with Gasteiger partial charge in [0.25, 0.3) is 0 Å². The third kappa shape index (κ3) is 13.8. The highest BCUT2D eigenvalue weighted by Crippen LogP contribution is 2.46. The third-order valence-corrected chi connectivity index (χ3v) is 10.8. The van der Waals surface area contributed by atoms with Crippen LogP contribution in [0.1, 0.15) is 106 Å². The number of anilines is 1. The number of aliphatic hydroxyl groups excluding tert-OH is 5. The Labute approximate surface area is 339 Å². The van der Waals surface area contributed by atoms with Crippen LogP contribution in [0, 0.1) is 11.7 Å². The first-order chi connectivity index (χ1) is 27.9. The molecule has 58 heavy (non-hydrogen) atoms. The average Bonchev–Trinajstić information content (AvgIpc) is 3.24. The molecule has 3 aromatic carbocycles. The normalized spacial score (nSPS) is 17.8. The molecule has 0 saturated carbocycles. The van der Waals surface area contributed by atoms with Gasteiger partial charge in [-0.15, -0.1) is 0 Å². The zero-order chi connectivity index (χ0) is 42.0. The van der Waals surface area contributed by atoms with Crippen LogP contribution in [-0.2, 0) is 20.9 Å². The highest BCUT2D eigenvalue weighted by molar-refractivity contribution is 6.03. The van der Waals surface area contributed by atoms with Crippen LogP contribution >= 0.6 is 0 Å². The molecule has 0 spiro atoms. The van der Waals surface area contributed by atoms with Crippen LogP contribution in [-0.4, -0.2) is 93.0 Å². The molecule has 9 N–H and O–H groups in total. The molecule has 14 heteroatoms. The largest absolute Gasteiger partial charge is 0.497 e. The van der Waals surface area contributed by atoms with Crippen molar-refractivity contribution in [2.24, 2.45) is 5.92 Å². The number of halogens is 1. The number of benzene rings is 3. The van der Waals surface area contributed by atoms with E-state index in [0.717, 1.165) is 61.8 Å². The van der Waals surface area contributed by atoms with Crippen molar-refractivity contribution in [2.45, 2.75) is 120 Å². The van der Waals surface area contributed by atoms with Crippen LogP contribution in [0.2, 0.25) is 0 Å². The van der Waals surface area contributed by atoms with E-state index < -0.39 is 37.1 Å². The lowest BCUT2D eigenvalue weighted by Crippen LogP contribution is -2.55. The van der Waals surface area contributed by atoms with Crippen molar-refractivity contribution in [2.75, 3.05) is 25.2 Å². The smallest absolute Gasteiger partial charge is 0.233 e. The number of unbranched alkanes of at least 4 members (excludes halogenated alkanes) is 7. The van der Waals surface area contributed by atoms with Gasteiger partial charge in [0.1, 0.15) is 23.8 Å². The zero-order valence-corrected chi connectivity index (χ0v) is 33.3. The van der Waals surface area contributed by atoms with Gasteiger partial charge in [-0.25, -0.2) is 4.39 Å². The summed E-state index contributed by atoms with van der Waals surface area (Å²) in [5.74, 6) is -0.321. The molecule has 0 radical (unpaired) electrons. The van der Waals surface area contributed by atoms with Crippen LogP contribution in [0.4, 0.5) is 10.1 Å². The van der Waals surface area contributed by atoms with Gasteiger partial charge in [0.2, 0.25) is 23.8 Å². The SMILES string of the molecule is COc1ccc([C@@H]2[C@@H](CC[C@H](O)c3ccc(F)cc3)C(=O)N2c2ccc(CNC(=O)CCCCCCCCCCC(=O)NC[C@H](O)[C@@H]([OH2+])[C@H](O)[C@H](O)CO)cc2)cc1. The molecular weight excluding hydrogens is 749 g/mol. The van der Waals surface area contributed by atoms with E-state index in [9.17, 15) is 39.2 Å². The fraction of sp³-hybridized carbons (Fsp3) is 0.523. The maximum Gasteiger partial charge on any atom is 0.233 e. The highest BCUT2D eigenvalue weighted by atomic mass is 19.1. The van der Waals surface area contributed by atoms with Crippen molar-refractivity contribution in [1.82, 2.24) is 10.6 Å². The first kappa shape index (κ1) is 46.3. The maximum atomic E-state index is 13.6. The Morgan fingerprint density at radius 2 is 1.36 bits per heavy atom. The number of carbonyl (C=O) groups is 3. The van der Waals surface area contributed by atoms with Crippen molar-refractivity contribution in [3.05, 3.63) is 95.3 Å². The van der Waals surface area contributed by atoms with E-state index in [1.807, 2.05) is 48.5 Å². The molecule has 0 aromatic heterocycles. The number of carbonyl (C=O) groups excluding carboxylic acids is 3. The zero-order valence-electron chi connectivity index (χ0n) is 33.3. The lowest BCUT2D eigenvalue weighted by atomic mass is 9.78. The fourth-order valence-corrected chi connectivity index (χ4v) is 7.19. The van der Waals surface area contributed by atoms with Crippen molar-refractivity contribution < 1.29 is 54.2 Å². The Morgan fingerprint density at radius 1 is 0.793 bits per heavy atom. The number of ether oxygens (including phenoxy) is 1. The minimum absolute atomic E-state index is 0.0183. The number of nitrogens with zero attached hydrogens (tertiary/aromatic N) is 1. The van der Waals surface area contributed by atoms with Gasteiger partial charge in [0.05, 0.1) is 38.3 Å². The molecule has 7 atom stereocenters. The summed E-state index contributed by atoms with van der Waals surface area (Å²) in [6.07, 6.45) is 2.09. The van der Waals surface area contributed by atoms with Gasteiger partial charge < -0.3 is 50.9 Å². The number of hydrogen-bond acceptors (Lipinski definition) is 9. The summed E-state index contributed by atoms with van der Waals surface area (Å²) in [5.41, 5.74) is 3.22. The number of amides is 3. The molecular formula is C44H61FN3O10+. The van der Waals surface area contributed by atoms with Gasteiger partial charge in [-0.05, 0) is 78.8 Å². The van der Waals surface area contributed by atoms with E-state index in [4.69, 9.17) is 14.9 Å². The Morgan fingerprint density at radius 3 is 1.93 bits per heavy atom. The molecule has 3 aromatic rings. The van der Waals surface area contributed by atoms with Crippen molar-refractivity contribution in [3.63, 3.8) is 0 Å². The third-order valence-electron chi connectivity index (χ3n) is 10.8. The Hall–Kier alpha value is -4.44. The quantitative estimate of drug-likeness (QED) is 0.0356. The lowest BCUT2D eigenvalue weighted by molar-refractivity contribution is -0.131. The topological polar surface area (TPSA) is 212 Å². The van der Waals surface area contributed by atoms with Gasteiger partial charge in [0, 0.05) is 25.1 Å². The number of rotatable bonds is 26. The standard InChI is InChI=1S/C44H60FN3O10/c1-58-34-22-16-31(17-23-34)41-35(24-25-36(50)30-14-18-32(45)19-15-30)44(57)48(41)33-20-12-29(13-21-33)26-46-39(53)10-8-6-4-2-3-5-7-9-11-40(54)47-27-37(51)42(55)43(56)38(52)28-49/h12-23,35-38,41-43,49-52,55-56H,2-11,24-28H2,1H3,(H,46,53)(H,47,54)/p+1/t35-,36+,37+,38-,41-,42-,43-/m1/s1.